The monoisotopic (exact) mass is 276 g/mol. The molecule has 0 bridgehead atoms. The van der Waals surface area contributed by atoms with E-state index in [1.807, 2.05) is 24.3 Å². The molecule has 0 saturated heterocycles. The molecule has 0 aliphatic heterocycles. The molecule has 0 amide bonds. The van der Waals surface area contributed by atoms with Crippen LogP contribution in [0.25, 0.3) is 5.69 Å². The molecule has 0 fully saturated rings. The van der Waals surface area contributed by atoms with Gasteiger partial charge in [0.2, 0.25) is 5.43 Å². The summed E-state index contributed by atoms with van der Waals surface area (Å²) >= 11 is 5.35. The second kappa shape index (κ2) is 5.36. The molecule has 0 saturated carbocycles. The minimum absolute atomic E-state index is 0.258. The number of carbonyl (C=O) groups is 1. The number of carbonyl (C=O) groups excluding carboxylic acids is 1. The van der Waals surface area contributed by atoms with Gasteiger partial charge in [0.25, 0.3) is 5.24 Å². The summed E-state index contributed by atoms with van der Waals surface area (Å²) < 4.78 is 1.54. The fourth-order valence-electron chi connectivity index (χ4n) is 1.82. The summed E-state index contributed by atoms with van der Waals surface area (Å²) in [6.45, 7) is 3.83. The predicted molar refractivity (Wildman–Crippen MR) is 74.1 cm³/mol. The zero-order valence-electron chi connectivity index (χ0n) is 10.7. The van der Waals surface area contributed by atoms with E-state index in [0.717, 1.165) is 12.1 Å². The molecule has 2 rings (SSSR count). The Morgan fingerprint density at radius 3 is 2.47 bits per heavy atom. The Hall–Kier alpha value is -1.94. The number of halogens is 1. The fourth-order valence-corrected chi connectivity index (χ4v) is 1.95. The van der Waals surface area contributed by atoms with Gasteiger partial charge in [0, 0.05) is 11.8 Å². The van der Waals surface area contributed by atoms with Crippen LogP contribution in [0.5, 0.6) is 0 Å². The molecule has 0 aliphatic rings. The van der Waals surface area contributed by atoms with Crippen molar-refractivity contribution in [2.24, 2.45) is 0 Å². The highest BCUT2D eigenvalue weighted by Crippen LogP contribution is 2.11. The summed E-state index contributed by atoms with van der Waals surface area (Å²) in [6.07, 6.45) is 0.947. The van der Waals surface area contributed by atoms with Gasteiger partial charge in [0.15, 0.2) is 5.69 Å². The molecule has 0 atom stereocenters. The number of hydrogen-bond donors (Lipinski definition) is 0. The van der Waals surface area contributed by atoms with Crippen molar-refractivity contribution in [2.45, 2.75) is 20.3 Å². The van der Waals surface area contributed by atoms with E-state index in [0.29, 0.717) is 5.69 Å². The predicted octanol–water partition coefficient (Wildman–Crippen LogP) is 2.48. The van der Waals surface area contributed by atoms with Crippen molar-refractivity contribution in [1.29, 1.82) is 0 Å². The second-order valence-electron chi connectivity index (χ2n) is 4.20. The first-order valence-corrected chi connectivity index (χ1v) is 6.31. The largest absolute Gasteiger partial charge is 0.287 e. The molecule has 1 aromatic carbocycles. The maximum absolute atomic E-state index is 11.6. The molecule has 0 unspecified atom stereocenters. The zero-order valence-corrected chi connectivity index (χ0v) is 11.4. The number of rotatable bonds is 3. The number of benzene rings is 1. The van der Waals surface area contributed by atoms with Gasteiger partial charge in [0.1, 0.15) is 0 Å². The molecule has 1 heterocycles. The van der Waals surface area contributed by atoms with Crippen molar-refractivity contribution >= 4 is 16.8 Å². The lowest BCUT2D eigenvalue weighted by Crippen LogP contribution is -2.20. The first-order chi connectivity index (χ1) is 9.02. The summed E-state index contributed by atoms with van der Waals surface area (Å²) in [5.41, 5.74) is 1.92. The number of nitrogens with zero attached hydrogens (tertiary/aromatic N) is 2. The van der Waals surface area contributed by atoms with E-state index in [1.54, 1.807) is 6.92 Å². The van der Waals surface area contributed by atoms with E-state index in [4.69, 9.17) is 11.6 Å². The molecule has 2 aromatic rings. The van der Waals surface area contributed by atoms with Crippen LogP contribution < -0.4 is 5.43 Å². The Kier molecular flexibility index (Phi) is 3.81. The van der Waals surface area contributed by atoms with Crippen LogP contribution in [0.3, 0.4) is 0 Å². The highest BCUT2D eigenvalue weighted by molar-refractivity contribution is 6.67. The van der Waals surface area contributed by atoms with Crippen molar-refractivity contribution < 1.29 is 4.79 Å². The average molecular weight is 277 g/mol. The Morgan fingerprint density at radius 2 is 1.95 bits per heavy atom. The number of hydrogen-bond acceptors (Lipinski definition) is 3. The topological polar surface area (TPSA) is 52.0 Å². The zero-order chi connectivity index (χ0) is 14.0. The molecule has 1 aromatic heterocycles. The van der Waals surface area contributed by atoms with E-state index < -0.39 is 10.7 Å². The standard InChI is InChI=1S/C14H13ClN2O2/c1-3-10-4-6-11(7-5-10)17-9(2)8-12(18)13(16-17)14(15)19/h4-8H,3H2,1-2H3. The van der Waals surface area contributed by atoms with Crippen molar-refractivity contribution in [3.63, 3.8) is 0 Å². The summed E-state index contributed by atoms with van der Waals surface area (Å²) in [7, 11) is 0. The molecule has 4 nitrogen and oxygen atoms in total. The van der Waals surface area contributed by atoms with Crippen molar-refractivity contribution in [3.05, 3.63) is 57.5 Å². The molecule has 0 spiro atoms. The molecular formula is C14H13ClN2O2. The highest BCUT2D eigenvalue weighted by atomic mass is 35.5. The van der Waals surface area contributed by atoms with Crippen LogP contribution in [-0.4, -0.2) is 15.0 Å². The quantitative estimate of drug-likeness (QED) is 0.809. The van der Waals surface area contributed by atoms with Crippen LogP contribution in [0.1, 0.15) is 28.7 Å². The van der Waals surface area contributed by atoms with E-state index >= 15 is 0 Å². The van der Waals surface area contributed by atoms with E-state index in [9.17, 15) is 9.59 Å². The van der Waals surface area contributed by atoms with E-state index in [1.165, 1.54) is 16.3 Å². The maximum Gasteiger partial charge on any atom is 0.276 e. The number of aromatic nitrogens is 2. The van der Waals surface area contributed by atoms with Crippen LogP contribution >= 0.6 is 11.6 Å². The Morgan fingerprint density at radius 1 is 1.32 bits per heavy atom. The van der Waals surface area contributed by atoms with Crippen molar-refractivity contribution in [1.82, 2.24) is 9.78 Å². The summed E-state index contributed by atoms with van der Waals surface area (Å²) in [4.78, 5) is 22.7. The van der Waals surface area contributed by atoms with Gasteiger partial charge in [-0.15, -0.1) is 0 Å². The third kappa shape index (κ3) is 2.74. The summed E-state index contributed by atoms with van der Waals surface area (Å²) in [5, 5.41) is 3.18. The van der Waals surface area contributed by atoms with Crippen LogP contribution in [0.15, 0.2) is 35.1 Å². The van der Waals surface area contributed by atoms with Gasteiger partial charge < -0.3 is 0 Å². The van der Waals surface area contributed by atoms with Crippen LogP contribution in [-0.2, 0) is 6.42 Å². The van der Waals surface area contributed by atoms with Crippen LogP contribution in [0, 0.1) is 6.92 Å². The number of aryl methyl sites for hydroxylation is 2. The minimum Gasteiger partial charge on any atom is -0.287 e. The first-order valence-electron chi connectivity index (χ1n) is 5.93. The molecule has 0 N–H and O–H groups in total. The summed E-state index contributed by atoms with van der Waals surface area (Å²) in [6, 6.07) is 9.11. The summed E-state index contributed by atoms with van der Waals surface area (Å²) in [5.74, 6) is 0. The van der Waals surface area contributed by atoms with E-state index in [2.05, 4.69) is 12.0 Å². The molecular weight excluding hydrogens is 264 g/mol. The minimum atomic E-state index is -0.844. The lowest BCUT2D eigenvalue weighted by molar-refractivity contribution is 0.107. The van der Waals surface area contributed by atoms with Gasteiger partial charge in [-0.2, -0.15) is 5.10 Å². The normalized spacial score (nSPS) is 10.5. The Bertz CT molecular complexity index is 675. The fraction of sp³-hybridized carbons (Fsp3) is 0.214. The van der Waals surface area contributed by atoms with Crippen LogP contribution in [0.4, 0.5) is 0 Å². The van der Waals surface area contributed by atoms with Gasteiger partial charge in [-0.25, -0.2) is 4.68 Å². The molecule has 0 aliphatic carbocycles. The smallest absolute Gasteiger partial charge is 0.276 e. The molecule has 19 heavy (non-hydrogen) atoms. The van der Waals surface area contributed by atoms with Gasteiger partial charge >= 0.3 is 0 Å². The van der Waals surface area contributed by atoms with Crippen molar-refractivity contribution in [3.8, 4) is 5.69 Å². The SMILES string of the molecule is CCc1ccc(-n2nc(C(=O)Cl)c(=O)cc2C)cc1. The Labute approximate surface area is 115 Å². The van der Waals surface area contributed by atoms with Gasteiger partial charge in [-0.3, -0.25) is 9.59 Å². The third-order valence-corrected chi connectivity index (χ3v) is 3.06. The Balaban J connectivity index is 2.57. The van der Waals surface area contributed by atoms with Gasteiger partial charge in [0.05, 0.1) is 5.69 Å². The lowest BCUT2D eigenvalue weighted by atomic mass is 10.1. The lowest BCUT2D eigenvalue weighted by Gasteiger charge is -2.10. The van der Waals surface area contributed by atoms with Crippen molar-refractivity contribution in [2.75, 3.05) is 0 Å². The van der Waals surface area contributed by atoms with Gasteiger partial charge in [-0.05, 0) is 42.6 Å². The molecule has 0 radical (unpaired) electrons. The van der Waals surface area contributed by atoms with E-state index in [-0.39, 0.29) is 5.69 Å². The van der Waals surface area contributed by atoms with Gasteiger partial charge in [-0.1, -0.05) is 19.1 Å². The highest BCUT2D eigenvalue weighted by Gasteiger charge is 2.12. The average Bonchev–Trinajstić information content (AvgIpc) is 2.38. The maximum atomic E-state index is 11.6. The molecule has 98 valence electrons. The van der Waals surface area contributed by atoms with Crippen LogP contribution in [0.2, 0.25) is 0 Å². The first kappa shape index (κ1) is 13.5. The second-order valence-corrected chi connectivity index (χ2v) is 4.55. The third-order valence-electron chi connectivity index (χ3n) is 2.88. The molecule has 5 heteroatoms.